The summed E-state index contributed by atoms with van der Waals surface area (Å²) in [5, 5.41) is 12.6. The van der Waals surface area contributed by atoms with Gasteiger partial charge in [0.05, 0.1) is 12.7 Å². The molecule has 1 aromatic heterocycles. The molecule has 4 rings (SSSR count). The lowest BCUT2D eigenvalue weighted by Gasteiger charge is -2.50. The third kappa shape index (κ3) is 3.83. The van der Waals surface area contributed by atoms with E-state index in [2.05, 4.69) is 25.5 Å². The van der Waals surface area contributed by atoms with Gasteiger partial charge in [0.25, 0.3) is 11.8 Å². The lowest BCUT2D eigenvalue weighted by atomic mass is 10.0. The van der Waals surface area contributed by atoms with Crippen LogP contribution < -0.4 is 11.1 Å². The van der Waals surface area contributed by atoms with Crippen molar-refractivity contribution in [3.05, 3.63) is 33.4 Å². The predicted octanol–water partition coefficient (Wildman–Crippen LogP) is 1.86. The van der Waals surface area contributed by atoms with Crippen LogP contribution in [0.1, 0.15) is 12.6 Å². The van der Waals surface area contributed by atoms with Crippen molar-refractivity contribution in [3.63, 3.8) is 0 Å². The summed E-state index contributed by atoms with van der Waals surface area (Å²) >= 11 is 4.60. The zero-order valence-corrected chi connectivity index (χ0v) is 18.2. The second kappa shape index (κ2) is 8.28. The average molecular weight is 450 g/mol. The van der Waals surface area contributed by atoms with E-state index in [0.717, 1.165) is 22.1 Å². The van der Waals surface area contributed by atoms with Gasteiger partial charge in [-0.25, -0.2) is 4.98 Å². The number of hydrogen-bond donors (Lipinski definition) is 2. The number of aromatic nitrogens is 1. The van der Waals surface area contributed by atoms with Crippen molar-refractivity contribution in [1.29, 1.82) is 0 Å². The Morgan fingerprint density at radius 3 is 3.00 bits per heavy atom. The van der Waals surface area contributed by atoms with E-state index in [-0.39, 0.29) is 17.0 Å². The number of thioether (sulfide) groups is 2. The maximum absolute atomic E-state index is 12.7. The largest absolute Gasteiger partial charge is 0.375 e. The van der Waals surface area contributed by atoms with Crippen molar-refractivity contribution in [2.75, 3.05) is 30.8 Å². The topological polar surface area (TPSA) is 125 Å². The summed E-state index contributed by atoms with van der Waals surface area (Å²) in [6.45, 7) is 2.60. The van der Waals surface area contributed by atoms with Crippen molar-refractivity contribution >= 4 is 57.5 Å². The Morgan fingerprint density at radius 1 is 1.52 bits per heavy atom. The fourth-order valence-corrected chi connectivity index (χ4v) is 6.28. The molecule has 4 heterocycles. The number of hydrogen-bond acceptors (Lipinski definition) is 10. The van der Waals surface area contributed by atoms with Gasteiger partial charge in [0.1, 0.15) is 22.8 Å². The molecule has 0 bridgehead atoms. The molecule has 0 aliphatic carbocycles. The number of aliphatic imine (C=N–C) groups is 1. The molecule has 29 heavy (non-hydrogen) atoms. The number of nitrogens with zero attached hydrogens (tertiary/aromatic N) is 5. The summed E-state index contributed by atoms with van der Waals surface area (Å²) in [7, 11) is 1.52. The number of azo groups is 1. The molecule has 0 aromatic carbocycles. The summed E-state index contributed by atoms with van der Waals surface area (Å²) in [5.41, 5.74) is 8.43. The third-order valence-corrected chi connectivity index (χ3v) is 7.89. The number of nitrogens with one attached hydrogen (secondary N) is 1. The second-order valence-electron chi connectivity index (χ2n) is 6.49. The molecule has 1 fully saturated rings. The quantitative estimate of drug-likeness (QED) is 0.504. The zero-order valence-electron chi connectivity index (χ0n) is 15.8. The molecule has 2 amide bonds. The number of fused-ring (bicyclic) bond motifs is 1. The Hall–Kier alpha value is -2.18. The molecule has 0 saturated carbocycles. The van der Waals surface area contributed by atoms with Gasteiger partial charge in [0.2, 0.25) is 0 Å². The maximum atomic E-state index is 12.7. The highest BCUT2D eigenvalue weighted by molar-refractivity contribution is 8.03. The van der Waals surface area contributed by atoms with Crippen LogP contribution in [-0.4, -0.2) is 63.9 Å². The van der Waals surface area contributed by atoms with Gasteiger partial charge >= 0.3 is 0 Å². The highest BCUT2D eigenvalue weighted by atomic mass is 32.2. The molecular weight excluding hydrogens is 430 g/mol. The normalized spacial score (nSPS) is 23.8. The molecule has 1 saturated heterocycles. The highest BCUT2D eigenvalue weighted by Gasteiger charge is 2.51. The second-order valence-corrected chi connectivity index (χ2v) is 9.59. The molecule has 3 N–H and O–H groups in total. The molecule has 0 radical (unpaired) electrons. The molecule has 2 unspecified atom stereocenters. The zero-order chi connectivity index (χ0) is 20.5. The van der Waals surface area contributed by atoms with Gasteiger partial charge in [0.15, 0.2) is 5.13 Å². The van der Waals surface area contributed by atoms with Gasteiger partial charge in [-0.1, -0.05) is 0 Å². The van der Waals surface area contributed by atoms with Gasteiger partial charge in [-0.15, -0.1) is 34.9 Å². The van der Waals surface area contributed by atoms with Crippen molar-refractivity contribution in [3.8, 4) is 0 Å². The lowest BCUT2D eigenvalue weighted by molar-refractivity contribution is -0.144. The molecule has 3 aliphatic heterocycles. The molecule has 0 spiro atoms. The minimum absolute atomic E-state index is 0.102. The van der Waals surface area contributed by atoms with Crippen molar-refractivity contribution in [1.82, 2.24) is 15.2 Å². The van der Waals surface area contributed by atoms with Gasteiger partial charge < -0.3 is 11.1 Å². The fourth-order valence-electron chi connectivity index (χ4n) is 3.19. The summed E-state index contributed by atoms with van der Waals surface area (Å²) in [4.78, 5) is 36.4. The number of nitrogen functional groups attached to an aromatic ring is 1. The summed E-state index contributed by atoms with van der Waals surface area (Å²) < 4.78 is 0. The van der Waals surface area contributed by atoms with Crippen LogP contribution in [0.4, 0.5) is 5.13 Å². The van der Waals surface area contributed by atoms with Crippen LogP contribution in [0.5, 0.6) is 0 Å². The molecule has 1 aromatic rings. The molecule has 12 heteroatoms. The van der Waals surface area contributed by atoms with Crippen LogP contribution in [0, 0.1) is 0 Å². The first kappa shape index (κ1) is 20.1. The first-order chi connectivity index (χ1) is 14.0. The number of carbonyl (C=O) groups is 2. The number of nitrogens with two attached hydrogens (primary N) is 1. The smallest absolute Gasteiger partial charge is 0.272 e. The molecule has 9 nitrogen and oxygen atoms in total. The summed E-state index contributed by atoms with van der Waals surface area (Å²) in [6.07, 6.45) is 1.78. The lowest BCUT2D eigenvalue weighted by Crippen LogP contribution is -2.70. The monoisotopic (exact) mass is 449 g/mol. The van der Waals surface area contributed by atoms with E-state index >= 15 is 0 Å². The molecule has 2 atom stereocenters. The van der Waals surface area contributed by atoms with Crippen molar-refractivity contribution in [2.45, 2.75) is 18.3 Å². The number of anilines is 1. The van der Waals surface area contributed by atoms with E-state index in [9.17, 15) is 9.59 Å². The first-order valence-corrected chi connectivity index (χ1v) is 11.7. The Morgan fingerprint density at radius 2 is 2.34 bits per heavy atom. The van der Waals surface area contributed by atoms with Crippen molar-refractivity contribution < 1.29 is 9.59 Å². The molecular formula is C17H19N7O2S3. The Labute approximate surface area is 180 Å². The Balaban J connectivity index is 1.40. The predicted molar refractivity (Wildman–Crippen MR) is 117 cm³/mol. The summed E-state index contributed by atoms with van der Waals surface area (Å²) in [6, 6.07) is -0.570. The first-order valence-electron chi connectivity index (χ1n) is 8.80. The maximum Gasteiger partial charge on any atom is 0.272 e. The number of allylic oxidation sites excluding steroid dienone is 1. The van der Waals surface area contributed by atoms with Crippen LogP contribution in [0.3, 0.4) is 0 Å². The Bertz CT molecular complexity index is 981. The van der Waals surface area contributed by atoms with E-state index in [0.29, 0.717) is 17.4 Å². The van der Waals surface area contributed by atoms with Crippen LogP contribution in [-0.2, 0) is 9.59 Å². The SMILES string of the molecule is CN=C(C(=O)NC1C(=O)N2C(C)=C(CSC3=CN=NC3)CSC12)c1csc(N)n1. The molecule has 3 aliphatic rings. The Kier molecular flexibility index (Phi) is 5.74. The van der Waals surface area contributed by atoms with E-state index in [1.807, 2.05) is 6.92 Å². The minimum Gasteiger partial charge on any atom is -0.375 e. The highest BCUT2D eigenvalue weighted by Crippen LogP contribution is 2.41. The molecule has 152 valence electrons. The number of thiazole rings is 1. The van der Waals surface area contributed by atoms with Gasteiger partial charge in [-0.05, 0) is 12.5 Å². The van der Waals surface area contributed by atoms with Gasteiger partial charge in [-0.2, -0.15) is 10.2 Å². The van der Waals surface area contributed by atoms with E-state index < -0.39 is 11.9 Å². The average Bonchev–Trinajstić information content (AvgIpc) is 3.37. The number of amides is 2. The number of β-lactam (4-membered cyclic amide) rings is 1. The van der Waals surface area contributed by atoms with Crippen LogP contribution in [0.25, 0.3) is 0 Å². The minimum atomic E-state index is -0.570. The van der Waals surface area contributed by atoms with E-state index in [1.165, 1.54) is 24.0 Å². The van der Waals surface area contributed by atoms with Crippen LogP contribution >= 0.6 is 34.9 Å². The van der Waals surface area contributed by atoms with Crippen LogP contribution in [0.2, 0.25) is 0 Å². The van der Waals surface area contributed by atoms with Gasteiger partial charge in [0, 0.05) is 34.5 Å². The number of carbonyl (C=O) groups excluding carboxylic acids is 2. The van der Waals surface area contributed by atoms with Gasteiger partial charge in [-0.3, -0.25) is 19.5 Å². The van der Waals surface area contributed by atoms with E-state index in [1.54, 1.807) is 40.0 Å². The van der Waals surface area contributed by atoms with E-state index in [4.69, 9.17) is 5.73 Å². The number of rotatable bonds is 6. The fraction of sp³-hybridized carbons (Fsp3) is 0.412. The van der Waals surface area contributed by atoms with Crippen molar-refractivity contribution in [2.24, 2.45) is 15.2 Å². The third-order valence-electron chi connectivity index (χ3n) is 4.78. The summed E-state index contributed by atoms with van der Waals surface area (Å²) in [5.74, 6) is 1.11. The standard InChI is InChI=1S/C17H19N7O2S3/c1-8-9(5-27-10-3-20-21-4-10)6-28-16-13(15(26)24(8)16)23-14(25)12(19-2)11-7-29-17(18)22-11/h3,7,13,16H,4-6H2,1-2H3,(H2,18,22)(H,23,25). The van der Waals surface area contributed by atoms with Crippen LogP contribution in [0.15, 0.2) is 43.0 Å².